The predicted molar refractivity (Wildman–Crippen MR) is 126 cm³/mol. The Morgan fingerprint density at radius 3 is 2.33 bits per heavy atom. The number of rotatable bonds is 5. The molecule has 0 saturated heterocycles. The molecule has 0 bridgehead atoms. The van der Waals surface area contributed by atoms with Crippen LogP contribution in [0.1, 0.15) is 5.56 Å². The van der Waals surface area contributed by atoms with E-state index < -0.39 is 9.96 Å². The zero-order chi connectivity index (χ0) is 21.7. The van der Waals surface area contributed by atoms with Gasteiger partial charge in [0, 0.05) is 5.69 Å². The van der Waals surface area contributed by atoms with Crippen molar-refractivity contribution < 1.29 is 9.18 Å². The van der Waals surface area contributed by atoms with Gasteiger partial charge in [0.15, 0.2) is 5.11 Å². The molecule has 0 fully saturated rings. The number of anilines is 1. The molecule has 30 heavy (non-hydrogen) atoms. The summed E-state index contributed by atoms with van der Waals surface area (Å²) in [4.78, 5) is 12.7. The Labute approximate surface area is 193 Å². The first-order valence-electron chi connectivity index (χ1n) is 8.88. The van der Waals surface area contributed by atoms with Crippen LogP contribution in [0.3, 0.4) is 0 Å². The molecule has 1 atom stereocenters. The Balaban J connectivity index is 1.67. The summed E-state index contributed by atoms with van der Waals surface area (Å²) < 4.78 is 11.2. The van der Waals surface area contributed by atoms with Crippen LogP contribution < -0.4 is 16.0 Å². The summed E-state index contributed by atoms with van der Waals surface area (Å²) in [5.74, 6) is -0.723. The van der Waals surface area contributed by atoms with Crippen LogP contribution >= 0.6 is 47.0 Å². The van der Waals surface area contributed by atoms with Crippen molar-refractivity contribution in [3.63, 3.8) is 0 Å². The van der Waals surface area contributed by atoms with Gasteiger partial charge in [0.25, 0.3) is 0 Å². The van der Waals surface area contributed by atoms with E-state index >= 15 is 0 Å². The molecular weight excluding hydrogens is 468 g/mol. The highest BCUT2D eigenvalue weighted by molar-refractivity contribution is 7.80. The summed E-state index contributed by atoms with van der Waals surface area (Å²) >= 11 is 23.3. The number of alkyl halides is 3. The highest BCUT2D eigenvalue weighted by atomic mass is 35.6. The van der Waals surface area contributed by atoms with Crippen molar-refractivity contribution in [2.75, 3.05) is 5.32 Å². The van der Waals surface area contributed by atoms with Gasteiger partial charge in [-0.1, -0.05) is 77.3 Å². The van der Waals surface area contributed by atoms with Crippen LogP contribution in [0.15, 0.2) is 66.7 Å². The van der Waals surface area contributed by atoms with E-state index in [1.807, 2.05) is 42.5 Å². The molecule has 0 aliphatic carbocycles. The van der Waals surface area contributed by atoms with Gasteiger partial charge in [0.2, 0.25) is 9.70 Å². The number of thiocarbonyl (C=S) groups is 1. The first-order chi connectivity index (χ1) is 14.2. The minimum Gasteiger partial charge on any atom is -0.339 e. The van der Waals surface area contributed by atoms with Gasteiger partial charge in [-0.05, 0) is 52.8 Å². The lowest BCUT2D eigenvalue weighted by Gasteiger charge is -2.28. The monoisotopic (exact) mass is 483 g/mol. The van der Waals surface area contributed by atoms with Gasteiger partial charge in [0.05, 0.1) is 6.42 Å². The fourth-order valence-corrected chi connectivity index (χ4v) is 3.43. The molecule has 0 aromatic heterocycles. The molecule has 1 amide bonds. The van der Waals surface area contributed by atoms with E-state index in [2.05, 4.69) is 16.0 Å². The largest absolute Gasteiger partial charge is 0.339 e. The lowest BCUT2D eigenvalue weighted by molar-refractivity contribution is -0.121. The summed E-state index contributed by atoms with van der Waals surface area (Å²) in [5.41, 5.74) is 1.39. The number of hydrogen-bond acceptors (Lipinski definition) is 2. The van der Waals surface area contributed by atoms with Crippen molar-refractivity contribution in [2.24, 2.45) is 0 Å². The minimum atomic E-state index is -1.87. The van der Waals surface area contributed by atoms with Gasteiger partial charge >= 0.3 is 0 Å². The van der Waals surface area contributed by atoms with Crippen LogP contribution in [-0.2, 0) is 11.2 Å². The molecule has 0 spiro atoms. The molecule has 156 valence electrons. The second-order valence-electron chi connectivity index (χ2n) is 6.46. The highest BCUT2D eigenvalue weighted by Crippen LogP contribution is 2.29. The molecule has 0 radical (unpaired) electrons. The maximum atomic E-state index is 13.0. The number of carbonyl (C=O) groups excluding carboxylic acids is 1. The Kier molecular flexibility index (Phi) is 7.36. The van der Waals surface area contributed by atoms with E-state index in [4.69, 9.17) is 47.0 Å². The van der Waals surface area contributed by atoms with E-state index in [9.17, 15) is 9.18 Å². The summed E-state index contributed by atoms with van der Waals surface area (Å²) in [6.07, 6.45) is -0.997. The Hall–Kier alpha value is -2.12. The lowest BCUT2D eigenvalue weighted by Crippen LogP contribution is -2.56. The second-order valence-corrected chi connectivity index (χ2v) is 9.24. The number of benzene rings is 3. The molecule has 9 heteroatoms. The summed E-state index contributed by atoms with van der Waals surface area (Å²) in [7, 11) is 0. The summed E-state index contributed by atoms with van der Waals surface area (Å²) in [6.45, 7) is 0. The van der Waals surface area contributed by atoms with Crippen LogP contribution in [0, 0.1) is 5.82 Å². The van der Waals surface area contributed by atoms with Crippen LogP contribution in [0.25, 0.3) is 10.8 Å². The zero-order valence-electron chi connectivity index (χ0n) is 15.5. The van der Waals surface area contributed by atoms with Crippen molar-refractivity contribution in [1.82, 2.24) is 10.6 Å². The molecule has 3 aromatic carbocycles. The summed E-state index contributed by atoms with van der Waals surface area (Å²) in [6, 6.07) is 19.1. The third kappa shape index (κ3) is 6.19. The fourth-order valence-electron chi connectivity index (χ4n) is 2.86. The molecule has 3 N–H and O–H groups in total. The summed E-state index contributed by atoms with van der Waals surface area (Å²) in [5, 5.41) is 10.4. The number of nitrogens with one attached hydrogen (secondary N) is 3. The van der Waals surface area contributed by atoms with Crippen molar-refractivity contribution >= 4 is 74.5 Å². The average Bonchev–Trinajstić information content (AvgIpc) is 2.69. The number of amides is 1. The van der Waals surface area contributed by atoms with Gasteiger partial charge in [-0.25, -0.2) is 4.39 Å². The van der Waals surface area contributed by atoms with Crippen molar-refractivity contribution in [1.29, 1.82) is 0 Å². The quantitative estimate of drug-likeness (QED) is 0.261. The van der Waals surface area contributed by atoms with E-state index in [1.54, 1.807) is 0 Å². The van der Waals surface area contributed by atoms with Crippen molar-refractivity contribution in [2.45, 2.75) is 16.4 Å². The molecule has 3 rings (SSSR count). The maximum absolute atomic E-state index is 13.0. The topological polar surface area (TPSA) is 53.2 Å². The van der Waals surface area contributed by atoms with E-state index in [1.165, 1.54) is 24.3 Å². The zero-order valence-corrected chi connectivity index (χ0v) is 18.5. The molecule has 3 aromatic rings. The molecule has 0 heterocycles. The number of carbonyl (C=O) groups is 1. The number of hydrogen-bond donors (Lipinski definition) is 3. The number of halogens is 4. The lowest BCUT2D eigenvalue weighted by atomic mass is 10.0. The molecule has 0 saturated carbocycles. The van der Waals surface area contributed by atoms with Gasteiger partial charge < -0.3 is 16.0 Å². The van der Waals surface area contributed by atoms with Crippen LogP contribution in [0.4, 0.5) is 10.1 Å². The van der Waals surface area contributed by atoms with Crippen molar-refractivity contribution in [3.8, 4) is 0 Å². The van der Waals surface area contributed by atoms with Gasteiger partial charge in [0.1, 0.15) is 12.0 Å². The smallest absolute Gasteiger partial charge is 0.228 e. The third-order valence-electron chi connectivity index (χ3n) is 4.24. The van der Waals surface area contributed by atoms with E-state index in [0.29, 0.717) is 5.69 Å². The molecule has 4 nitrogen and oxygen atoms in total. The van der Waals surface area contributed by atoms with Crippen LogP contribution in [0.2, 0.25) is 0 Å². The van der Waals surface area contributed by atoms with Gasteiger partial charge in [-0.3, -0.25) is 4.79 Å². The van der Waals surface area contributed by atoms with E-state index in [-0.39, 0.29) is 23.3 Å². The normalized spacial score (nSPS) is 12.3. The predicted octanol–water partition coefficient (Wildman–Crippen LogP) is 5.32. The Morgan fingerprint density at radius 2 is 1.63 bits per heavy atom. The first-order valence-corrected chi connectivity index (χ1v) is 10.4. The molecule has 0 aliphatic rings. The second kappa shape index (κ2) is 9.79. The number of fused-ring (bicyclic) bond motifs is 1. The van der Waals surface area contributed by atoms with Gasteiger partial charge in [-0.15, -0.1) is 0 Å². The van der Waals surface area contributed by atoms with Crippen LogP contribution in [0.5, 0.6) is 0 Å². The fraction of sp³-hybridized carbons (Fsp3) is 0.143. The van der Waals surface area contributed by atoms with Crippen LogP contribution in [-0.4, -0.2) is 21.0 Å². The molecular formula is C21H17Cl3FN3OS. The Morgan fingerprint density at radius 1 is 0.967 bits per heavy atom. The Bertz CT molecular complexity index is 1050. The highest BCUT2D eigenvalue weighted by Gasteiger charge is 2.34. The third-order valence-corrected chi connectivity index (χ3v) is 5.12. The average molecular weight is 485 g/mol. The minimum absolute atomic E-state index is 0.0957. The van der Waals surface area contributed by atoms with E-state index in [0.717, 1.165) is 16.3 Å². The SMILES string of the molecule is O=C(Cc1cccc2ccccc12)N[C@@H](NC(=S)Nc1ccc(F)cc1)C(Cl)(Cl)Cl. The molecule has 0 unspecified atom stereocenters. The first kappa shape index (κ1) is 22.6. The standard InChI is InChI=1S/C21H17Cl3FN3OS/c22-21(23,24)19(28-20(30)26-16-10-8-15(25)9-11-16)27-18(29)12-14-6-3-5-13-4-1-2-7-17(13)14/h1-11,19H,12H2,(H,27,29)(H2,26,28,30)/t19-/m0/s1. The maximum Gasteiger partial charge on any atom is 0.228 e. The van der Waals surface area contributed by atoms with Crippen molar-refractivity contribution in [3.05, 3.63) is 78.1 Å². The van der Waals surface area contributed by atoms with Gasteiger partial charge in [-0.2, -0.15) is 0 Å². The molecule has 0 aliphatic heterocycles.